The van der Waals surface area contributed by atoms with Gasteiger partial charge in [0.15, 0.2) is 0 Å². The average Bonchev–Trinajstić information content (AvgIpc) is 3.27. The van der Waals surface area contributed by atoms with Gasteiger partial charge < -0.3 is 15.0 Å². The summed E-state index contributed by atoms with van der Waals surface area (Å²) in [5.74, 6) is 0.372. The molecule has 4 nitrogen and oxygen atoms in total. The number of methoxy groups -OCH3 is 1. The van der Waals surface area contributed by atoms with Crippen LogP contribution in [0.25, 0.3) is 0 Å². The van der Waals surface area contributed by atoms with Gasteiger partial charge >= 0.3 is 5.97 Å². The molecule has 0 aromatic heterocycles. The first-order valence-electron chi connectivity index (χ1n) is 8.49. The Kier molecular flexibility index (Phi) is 5.31. The molecular formula is C17H32N2O2. The molecule has 1 atom stereocenters. The lowest BCUT2D eigenvalue weighted by molar-refractivity contribution is -0.150. The fourth-order valence-corrected chi connectivity index (χ4v) is 3.70. The maximum absolute atomic E-state index is 12.5. The van der Waals surface area contributed by atoms with E-state index in [9.17, 15) is 4.79 Å². The summed E-state index contributed by atoms with van der Waals surface area (Å²) >= 11 is 0. The van der Waals surface area contributed by atoms with Crippen molar-refractivity contribution < 1.29 is 9.53 Å². The number of likely N-dealkylation sites (N-methyl/N-ethyl adjacent to an activating group) is 1. The van der Waals surface area contributed by atoms with E-state index >= 15 is 0 Å². The number of likely N-dealkylation sites (tertiary alicyclic amines) is 1. The second-order valence-electron chi connectivity index (χ2n) is 7.56. The number of nitrogens with zero attached hydrogens (tertiary/aromatic N) is 1. The van der Waals surface area contributed by atoms with E-state index < -0.39 is 5.54 Å². The minimum Gasteiger partial charge on any atom is -0.468 e. The summed E-state index contributed by atoms with van der Waals surface area (Å²) in [5.41, 5.74) is -0.0571. The molecule has 2 rings (SSSR count). The van der Waals surface area contributed by atoms with E-state index in [4.69, 9.17) is 4.74 Å². The highest BCUT2D eigenvalue weighted by Crippen LogP contribution is 2.41. The normalized spacial score (nSPS) is 25.9. The van der Waals surface area contributed by atoms with Crippen molar-refractivity contribution >= 4 is 5.97 Å². The number of ether oxygens (including phenoxy) is 1. The summed E-state index contributed by atoms with van der Waals surface area (Å²) in [5, 5.41) is 3.48. The maximum Gasteiger partial charge on any atom is 0.327 e. The minimum atomic E-state index is -0.488. The van der Waals surface area contributed by atoms with Crippen molar-refractivity contribution in [2.45, 2.75) is 58.4 Å². The lowest BCUT2D eigenvalue weighted by Crippen LogP contribution is -2.61. The summed E-state index contributed by atoms with van der Waals surface area (Å²) in [7, 11) is 1.52. The molecule has 0 radical (unpaired) electrons. The van der Waals surface area contributed by atoms with Gasteiger partial charge in [-0.05, 0) is 63.1 Å². The number of carbonyl (C=O) groups is 1. The van der Waals surface area contributed by atoms with Crippen LogP contribution in [-0.4, -0.2) is 49.7 Å². The fourth-order valence-electron chi connectivity index (χ4n) is 3.70. The molecule has 4 heteroatoms. The van der Waals surface area contributed by atoms with Crippen molar-refractivity contribution in [2.24, 2.45) is 11.3 Å². The van der Waals surface area contributed by atoms with E-state index in [0.717, 1.165) is 39.0 Å². The highest BCUT2D eigenvalue weighted by Gasteiger charge is 2.52. The second kappa shape index (κ2) is 6.66. The Bertz CT molecular complexity index is 366. The SMILES string of the molecule is CCNC(CN1CCCC(C)(C)CC1)(C(=O)OC)C1CC1. The number of rotatable bonds is 6. The van der Waals surface area contributed by atoms with Crippen LogP contribution >= 0.6 is 0 Å². The number of hydrogen-bond acceptors (Lipinski definition) is 4. The van der Waals surface area contributed by atoms with Crippen molar-refractivity contribution in [1.82, 2.24) is 10.2 Å². The summed E-state index contributed by atoms with van der Waals surface area (Å²) in [6, 6.07) is 0. The van der Waals surface area contributed by atoms with Gasteiger partial charge in [0.05, 0.1) is 7.11 Å². The topological polar surface area (TPSA) is 41.6 Å². The molecule has 0 aromatic rings. The van der Waals surface area contributed by atoms with Crippen LogP contribution in [0.1, 0.15) is 52.9 Å². The van der Waals surface area contributed by atoms with Gasteiger partial charge in [-0.3, -0.25) is 0 Å². The van der Waals surface area contributed by atoms with Crippen molar-refractivity contribution in [3.05, 3.63) is 0 Å². The zero-order valence-electron chi connectivity index (χ0n) is 14.2. The van der Waals surface area contributed by atoms with Gasteiger partial charge in [-0.25, -0.2) is 4.79 Å². The molecule has 122 valence electrons. The largest absolute Gasteiger partial charge is 0.468 e. The first kappa shape index (κ1) is 16.8. The van der Waals surface area contributed by atoms with Gasteiger partial charge in [0.25, 0.3) is 0 Å². The zero-order chi connectivity index (χ0) is 15.5. The molecule has 1 N–H and O–H groups in total. The second-order valence-corrected chi connectivity index (χ2v) is 7.56. The summed E-state index contributed by atoms with van der Waals surface area (Å²) < 4.78 is 5.16. The third-order valence-electron chi connectivity index (χ3n) is 5.22. The molecule has 21 heavy (non-hydrogen) atoms. The van der Waals surface area contributed by atoms with Gasteiger partial charge in [0, 0.05) is 6.54 Å². The van der Waals surface area contributed by atoms with Crippen LogP contribution in [0, 0.1) is 11.3 Å². The van der Waals surface area contributed by atoms with E-state index in [1.165, 1.54) is 26.4 Å². The smallest absolute Gasteiger partial charge is 0.327 e. The van der Waals surface area contributed by atoms with Gasteiger partial charge in [-0.1, -0.05) is 20.8 Å². The van der Waals surface area contributed by atoms with Crippen LogP contribution in [0.2, 0.25) is 0 Å². The molecular weight excluding hydrogens is 264 g/mol. The Hall–Kier alpha value is -0.610. The van der Waals surface area contributed by atoms with Crippen molar-refractivity contribution in [2.75, 3.05) is 33.3 Å². The summed E-state index contributed by atoms with van der Waals surface area (Å²) in [6.45, 7) is 10.6. The van der Waals surface area contributed by atoms with Crippen LogP contribution in [-0.2, 0) is 9.53 Å². The average molecular weight is 296 g/mol. The fraction of sp³-hybridized carbons (Fsp3) is 0.941. The van der Waals surface area contributed by atoms with Crippen LogP contribution in [0.5, 0.6) is 0 Å². The van der Waals surface area contributed by atoms with E-state index in [0.29, 0.717) is 11.3 Å². The van der Waals surface area contributed by atoms with Crippen molar-refractivity contribution in [1.29, 1.82) is 0 Å². The van der Waals surface area contributed by atoms with Gasteiger partial charge in [-0.2, -0.15) is 0 Å². The van der Waals surface area contributed by atoms with Gasteiger partial charge in [0.1, 0.15) is 5.54 Å². The molecule has 1 saturated carbocycles. The van der Waals surface area contributed by atoms with Crippen molar-refractivity contribution in [3.63, 3.8) is 0 Å². The predicted molar refractivity (Wildman–Crippen MR) is 85.2 cm³/mol. The van der Waals surface area contributed by atoms with E-state index in [2.05, 4.69) is 31.0 Å². The van der Waals surface area contributed by atoms with E-state index in [1.54, 1.807) is 0 Å². The molecule has 2 fully saturated rings. The van der Waals surface area contributed by atoms with E-state index in [1.807, 2.05) is 0 Å². The van der Waals surface area contributed by atoms with Crippen molar-refractivity contribution in [3.8, 4) is 0 Å². The number of hydrogen-bond donors (Lipinski definition) is 1. The zero-order valence-corrected chi connectivity index (χ0v) is 14.2. The van der Waals surface area contributed by atoms with Crippen LogP contribution in [0.4, 0.5) is 0 Å². The van der Waals surface area contributed by atoms with E-state index in [-0.39, 0.29) is 5.97 Å². The number of carbonyl (C=O) groups excluding carboxylic acids is 1. The Morgan fingerprint density at radius 1 is 1.33 bits per heavy atom. The maximum atomic E-state index is 12.5. The predicted octanol–water partition coefficient (Wildman–Crippen LogP) is 2.43. The molecule has 1 saturated heterocycles. The molecule has 0 spiro atoms. The molecule has 0 aromatic carbocycles. The highest BCUT2D eigenvalue weighted by atomic mass is 16.5. The first-order chi connectivity index (χ1) is 9.93. The highest BCUT2D eigenvalue weighted by molar-refractivity contribution is 5.82. The quantitative estimate of drug-likeness (QED) is 0.764. The molecule has 1 unspecified atom stereocenters. The molecule has 1 heterocycles. The Balaban J connectivity index is 2.09. The first-order valence-corrected chi connectivity index (χ1v) is 8.49. The lowest BCUT2D eigenvalue weighted by atomic mass is 9.85. The van der Waals surface area contributed by atoms with Crippen LogP contribution in [0.15, 0.2) is 0 Å². The van der Waals surface area contributed by atoms with Crippen LogP contribution < -0.4 is 5.32 Å². The summed E-state index contributed by atoms with van der Waals surface area (Å²) in [6.07, 6.45) is 5.99. The monoisotopic (exact) mass is 296 g/mol. The lowest BCUT2D eigenvalue weighted by Gasteiger charge is -2.37. The third kappa shape index (κ3) is 3.98. The Morgan fingerprint density at radius 2 is 2.05 bits per heavy atom. The number of esters is 1. The van der Waals surface area contributed by atoms with Gasteiger partial charge in [-0.15, -0.1) is 0 Å². The molecule has 1 aliphatic heterocycles. The molecule has 0 bridgehead atoms. The van der Waals surface area contributed by atoms with Gasteiger partial charge in [0.2, 0.25) is 0 Å². The minimum absolute atomic E-state index is 0.0737. The third-order valence-corrected chi connectivity index (χ3v) is 5.22. The summed E-state index contributed by atoms with van der Waals surface area (Å²) in [4.78, 5) is 15.0. The molecule has 2 aliphatic rings. The Labute approximate surface area is 129 Å². The van der Waals surface area contributed by atoms with Crippen LogP contribution in [0.3, 0.4) is 0 Å². The molecule has 1 aliphatic carbocycles. The molecule has 0 amide bonds. The Morgan fingerprint density at radius 3 is 2.62 bits per heavy atom. The number of nitrogens with one attached hydrogen (secondary N) is 1. The standard InChI is InChI=1S/C17H32N2O2/c1-5-18-17(14-7-8-14,15(20)21-4)13-19-11-6-9-16(2,3)10-12-19/h14,18H,5-13H2,1-4H3.